The lowest BCUT2D eigenvalue weighted by atomic mass is 9.85. The van der Waals surface area contributed by atoms with Crippen LogP contribution in [0.25, 0.3) is 0 Å². The van der Waals surface area contributed by atoms with E-state index in [1.807, 2.05) is 0 Å². The van der Waals surface area contributed by atoms with Gasteiger partial charge in [0.1, 0.15) is 5.75 Å². The summed E-state index contributed by atoms with van der Waals surface area (Å²) in [6.07, 6.45) is 6.40. The Bertz CT molecular complexity index is 454. The van der Waals surface area contributed by atoms with Gasteiger partial charge < -0.3 is 10.1 Å². The lowest BCUT2D eigenvalue weighted by Crippen LogP contribution is -2.46. The smallest absolute Gasteiger partial charge is 0.119 e. The number of nitrogens with one attached hydrogen (secondary N) is 1. The molecule has 1 N–H and O–H groups in total. The van der Waals surface area contributed by atoms with Crippen LogP contribution in [0, 0.1) is 0 Å². The van der Waals surface area contributed by atoms with E-state index in [4.69, 9.17) is 4.74 Å². The Hall–Kier alpha value is -1.06. The third-order valence-corrected chi connectivity index (χ3v) is 4.97. The lowest BCUT2D eigenvalue weighted by molar-refractivity contribution is 0.133. The fraction of sp³-hybridized carbons (Fsp3) is 0.647. The second-order valence-electron chi connectivity index (χ2n) is 6.14. The number of benzene rings is 1. The fourth-order valence-corrected chi connectivity index (χ4v) is 3.74. The molecule has 1 saturated heterocycles. The molecule has 0 aromatic heterocycles. The fourth-order valence-electron chi connectivity index (χ4n) is 3.74. The molecule has 2 aliphatic rings. The summed E-state index contributed by atoms with van der Waals surface area (Å²) in [6, 6.07) is 7.84. The highest BCUT2D eigenvalue weighted by Gasteiger charge is 2.29. The minimum Gasteiger partial charge on any atom is -0.497 e. The summed E-state index contributed by atoms with van der Waals surface area (Å²) in [6.45, 7) is 2.31. The molecule has 1 fully saturated rings. The number of methoxy groups -OCH3 is 1. The molecular formula is C17H26N2O. The van der Waals surface area contributed by atoms with E-state index in [1.54, 1.807) is 7.11 Å². The van der Waals surface area contributed by atoms with Crippen LogP contribution in [0.5, 0.6) is 5.75 Å². The van der Waals surface area contributed by atoms with Crippen LogP contribution in [-0.2, 0) is 6.42 Å². The predicted octanol–water partition coefficient (Wildman–Crippen LogP) is 2.76. The summed E-state index contributed by atoms with van der Waals surface area (Å²) in [5.74, 6) is 0.991. The summed E-state index contributed by atoms with van der Waals surface area (Å²) >= 11 is 0. The van der Waals surface area contributed by atoms with Gasteiger partial charge in [-0.2, -0.15) is 0 Å². The molecule has 3 heteroatoms. The maximum atomic E-state index is 5.42. The average molecular weight is 274 g/mol. The van der Waals surface area contributed by atoms with E-state index in [0.29, 0.717) is 12.1 Å². The van der Waals surface area contributed by atoms with Crippen molar-refractivity contribution in [2.75, 3.05) is 27.2 Å². The highest BCUT2D eigenvalue weighted by molar-refractivity contribution is 5.39. The highest BCUT2D eigenvalue weighted by atomic mass is 16.5. The van der Waals surface area contributed by atoms with E-state index in [-0.39, 0.29) is 0 Å². The number of rotatable bonds is 3. The van der Waals surface area contributed by atoms with Crippen LogP contribution in [0.3, 0.4) is 0 Å². The number of fused-ring (bicyclic) bond motifs is 1. The zero-order valence-corrected chi connectivity index (χ0v) is 12.7. The third kappa shape index (κ3) is 2.70. The van der Waals surface area contributed by atoms with Gasteiger partial charge in [0.25, 0.3) is 0 Å². The highest BCUT2D eigenvalue weighted by Crippen LogP contribution is 2.37. The molecular weight excluding hydrogens is 248 g/mol. The zero-order chi connectivity index (χ0) is 13.9. The molecule has 0 spiro atoms. The Kier molecular flexibility index (Phi) is 4.27. The van der Waals surface area contributed by atoms with E-state index < -0.39 is 0 Å². The molecule has 3 rings (SSSR count). The lowest BCUT2D eigenvalue weighted by Gasteiger charge is -2.40. The van der Waals surface area contributed by atoms with E-state index in [9.17, 15) is 0 Å². The van der Waals surface area contributed by atoms with Gasteiger partial charge in [-0.1, -0.05) is 6.07 Å². The van der Waals surface area contributed by atoms with Crippen LogP contribution >= 0.6 is 0 Å². The number of hydrogen-bond donors (Lipinski definition) is 1. The normalized spacial score (nSPS) is 26.4. The maximum absolute atomic E-state index is 5.42. The second-order valence-corrected chi connectivity index (χ2v) is 6.14. The van der Waals surface area contributed by atoms with Crippen LogP contribution in [-0.4, -0.2) is 38.2 Å². The van der Waals surface area contributed by atoms with Crippen molar-refractivity contribution >= 4 is 0 Å². The SMILES string of the molecule is COc1ccc2c(c1)C(N(C)C1CCCNC1)CCC2. The van der Waals surface area contributed by atoms with Crippen molar-refractivity contribution in [2.45, 2.75) is 44.2 Å². The first-order chi connectivity index (χ1) is 9.79. The third-order valence-electron chi connectivity index (χ3n) is 4.97. The Morgan fingerprint density at radius 3 is 2.90 bits per heavy atom. The molecule has 1 aromatic rings. The molecule has 2 atom stereocenters. The van der Waals surface area contributed by atoms with Crippen molar-refractivity contribution in [3.05, 3.63) is 29.3 Å². The Labute approximate surface area is 122 Å². The van der Waals surface area contributed by atoms with Gasteiger partial charge in [0.15, 0.2) is 0 Å². The van der Waals surface area contributed by atoms with Crippen LogP contribution in [0.1, 0.15) is 42.9 Å². The predicted molar refractivity (Wildman–Crippen MR) is 82.3 cm³/mol. The van der Waals surface area contributed by atoms with Crippen molar-refractivity contribution in [3.63, 3.8) is 0 Å². The number of aryl methyl sites for hydroxylation is 1. The first-order valence-corrected chi connectivity index (χ1v) is 7.89. The molecule has 110 valence electrons. The van der Waals surface area contributed by atoms with Crippen molar-refractivity contribution in [3.8, 4) is 5.75 Å². The Balaban J connectivity index is 1.84. The summed E-state index contributed by atoms with van der Waals surface area (Å²) in [5.41, 5.74) is 3.00. The largest absolute Gasteiger partial charge is 0.497 e. The minimum atomic E-state index is 0.554. The maximum Gasteiger partial charge on any atom is 0.119 e. The second kappa shape index (κ2) is 6.15. The monoisotopic (exact) mass is 274 g/mol. The number of likely N-dealkylation sites (N-methyl/N-ethyl adjacent to an activating group) is 1. The summed E-state index contributed by atoms with van der Waals surface area (Å²) in [7, 11) is 4.06. The van der Waals surface area contributed by atoms with Gasteiger partial charge in [-0.25, -0.2) is 0 Å². The minimum absolute atomic E-state index is 0.554. The molecule has 1 aliphatic heterocycles. The van der Waals surface area contributed by atoms with Gasteiger partial charge >= 0.3 is 0 Å². The van der Waals surface area contributed by atoms with E-state index >= 15 is 0 Å². The van der Waals surface area contributed by atoms with Gasteiger partial charge in [-0.05, 0) is 69.0 Å². The molecule has 1 aliphatic carbocycles. The number of hydrogen-bond acceptors (Lipinski definition) is 3. The van der Waals surface area contributed by atoms with Gasteiger partial charge in [0.05, 0.1) is 7.11 Å². The van der Waals surface area contributed by atoms with Crippen LogP contribution in [0.2, 0.25) is 0 Å². The van der Waals surface area contributed by atoms with Crippen molar-refractivity contribution < 1.29 is 4.74 Å². The van der Waals surface area contributed by atoms with Crippen molar-refractivity contribution in [1.82, 2.24) is 10.2 Å². The van der Waals surface area contributed by atoms with Gasteiger partial charge in [-0.15, -0.1) is 0 Å². The average Bonchev–Trinajstić information content (AvgIpc) is 2.54. The number of piperidine rings is 1. The molecule has 0 bridgehead atoms. The van der Waals surface area contributed by atoms with E-state index in [0.717, 1.165) is 12.3 Å². The van der Waals surface area contributed by atoms with Crippen molar-refractivity contribution in [1.29, 1.82) is 0 Å². The Morgan fingerprint density at radius 2 is 2.15 bits per heavy atom. The van der Waals surface area contributed by atoms with Crippen LogP contribution in [0.4, 0.5) is 0 Å². The first-order valence-electron chi connectivity index (χ1n) is 7.89. The van der Waals surface area contributed by atoms with Crippen molar-refractivity contribution in [2.24, 2.45) is 0 Å². The van der Waals surface area contributed by atoms with E-state index in [1.165, 1.54) is 49.8 Å². The molecule has 0 radical (unpaired) electrons. The molecule has 1 aromatic carbocycles. The molecule has 3 nitrogen and oxygen atoms in total. The zero-order valence-electron chi connectivity index (χ0n) is 12.7. The molecule has 0 saturated carbocycles. The summed E-state index contributed by atoms with van der Waals surface area (Å²) in [5, 5.41) is 3.53. The van der Waals surface area contributed by atoms with Gasteiger partial charge in [0, 0.05) is 18.6 Å². The van der Waals surface area contributed by atoms with Crippen LogP contribution in [0.15, 0.2) is 18.2 Å². The van der Waals surface area contributed by atoms with Gasteiger partial charge in [0.2, 0.25) is 0 Å². The first kappa shape index (κ1) is 13.9. The quantitative estimate of drug-likeness (QED) is 0.917. The topological polar surface area (TPSA) is 24.5 Å². The molecule has 0 amide bonds. The van der Waals surface area contributed by atoms with Crippen LogP contribution < -0.4 is 10.1 Å². The summed E-state index contributed by atoms with van der Waals surface area (Å²) in [4.78, 5) is 2.60. The summed E-state index contributed by atoms with van der Waals surface area (Å²) < 4.78 is 5.42. The number of ether oxygens (including phenoxy) is 1. The molecule has 2 unspecified atom stereocenters. The van der Waals surface area contributed by atoms with E-state index in [2.05, 4.69) is 35.5 Å². The standard InChI is InChI=1S/C17H26N2O/c1-19(14-6-4-10-18-12-14)17-7-3-5-13-8-9-15(20-2)11-16(13)17/h8-9,11,14,17-18H,3-7,10,12H2,1-2H3. The molecule has 20 heavy (non-hydrogen) atoms. The molecule has 1 heterocycles. The van der Waals surface area contributed by atoms with Gasteiger partial charge in [-0.3, -0.25) is 4.90 Å². The number of nitrogens with zero attached hydrogens (tertiary/aromatic N) is 1. The Morgan fingerprint density at radius 1 is 1.25 bits per heavy atom.